The number of carbonyl (C=O) groups is 1. The number of hydrogen-bond acceptors (Lipinski definition) is 3. The Morgan fingerprint density at radius 1 is 1.40 bits per heavy atom. The van der Waals surface area contributed by atoms with Crippen LogP contribution in [0, 0.1) is 17.6 Å². The molecule has 0 saturated carbocycles. The van der Waals surface area contributed by atoms with E-state index in [-0.39, 0.29) is 30.8 Å². The maximum Gasteiger partial charge on any atom is 0.238 e. The van der Waals surface area contributed by atoms with Crippen LogP contribution in [0.1, 0.15) is 13.3 Å². The van der Waals surface area contributed by atoms with Gasteiger partial charge in [0.25, 0.3) is 0 Å². The molecule has 2 N–H and O–H groups in total. The van der Waals surface area contributed by atoms with Crippen molar-refractivity contribution in [2.24, 2.45) is 5.92 Å². The highest BCUT2D eigenvalue weighted by molar-refractivity contribution is 5.92. The van der Waals surface area contributed by atoms with E-state index in [1.807, 2.05) is 11.8 Å². The maximum absolute atomic E-state index is 13.0. The first-order valence-corrected chi connectivity index (χ1v) is 6.60. The fourth-order valence-corrected chi connectivity index (χ4v) is 2.59. The van der Waals surface area contributed by atoms with Crippen molar-refractivity contribution in [2.45, 2.75) is 19.4 Å². The zero-order valence-corrected chi connectivity index (χ0v) is 11.3. The summed E-state index contributed by atoms with van der Waals surface area (Å²) in [5.74, 6) is -1.48. The van der Waals surface area contributed by atoms with Gasteiger partial charge in [-0.25, -0.2) is 8.78 Å². The number of amides is 1. The van der Waals surface area contributed by atoms with Gasteiger partial charge in [0.05, 0.1) is 13.2 Å². The normalized spacial score (nSPS) is 23.0. The highest BCUT2D eigenvalue weighted by Gasteiger charge is 2.31. The highest BCUT2D eigenvalue weighted by Crippen LogP contribution is 2.23. The van der Waals surface area contributed by atoms with E-state index in [0.717, 1.165) is 31.2 Å². The lowest BCUT2D eigenvalue weighted by atomic mass is 10.0. The largest absolute Gasteiger partial charge is 0.395 e. The molecule has 0 bridgehead atoms. The van der Waals surface area contributed by atoms with Crippen LogP contribution in [0.2, 0.25) is 0 Å². The predicted octanol–water partition coefficient (Wildman–Crippen LogP) is 1.61. The maximum atomic E-state index is 13.0. The van der Waals surface area contributed by atoms with E-state index in [0.29, 0.717) is 5.92 Å². The summed E-state index contributed by atoms with van der Waals surface area (Å²) >= 11 is 0. The second kappa shape index (κ2) is 6.28. The molecule has 20 heavy (non-hydrogen) atoms. The molecule has 1 aromatic rings. The van der Waals surface area contributed by atoms with Gasteiger partial charge in [0.1, 0.15) is 11.6 Å². The van der Waals surface area contributed by atoms with Gasteiger partial charge in [-0.05, 0) is 31.0 Å². The lowest BCUT2D eigenvalue weighted by Crippen LogP contribution is -2.40. The molecule has 0 spiro atoms. The Morgan fingerprint density at radius 3 is 2.65 bits per heavy atom. The second-order valence-electron chi connectivity index (χ2n) is 5.19. The van der Waals surface area contributed by atoms with Crippen LogP contribution in [0.3, 0.4) is 0 Å². The van der Waals surface area contributed by atoms with E-state index in [1.165, 1.54) is 0 Å². The van der Waals surface area contributed by atoms with Crippen molar-refractivity contribution in [3.05, 3.63) is 29.8 Å². The van der Waals surface area contributed by atoms with Gasteiger partial charge >= 0.3 is 0 Å². The van der Waals surface area contributed by atoms with Crippen molar-refractivity contribution >= 4 is 11.6 Å². The van der Waals surface area contributed by atoms with Gasteiger partial charge in [0, 0.05) is 17.8 Å². The molecule has 0 aliphatic carbocycles. The van der Waals surface area contributed by atoms with E-state index in [4.69, 9.17) is 0 Å². The van der Waals surface area contributed by atoms with E-state index >= 15 is 0 Å². The molecule has 0 radical (unpaired) electrons. The Balaban J connectivity index is 1.95. The van der Waals surface area contributed by atoms with Crippen LogP contribution < -0.4 is 5.32 Å². The molecular formula is C14H18F2N2O2. The van der Waals surface area contributed by atoms with Gasteiger partial charge in [-0.2, -0.15) is 0 Å². The minimum absolute atomic E-state index is 0.00302. The number of nitrogens with one attached hydrogen (secondary N) is 1. The van der Waals surface area contributed by atoms with Crippen LogP contribution in [0.15, 0.2) is 18.2 Å². The average molecular weight is 284 g/mol. The van der Waals surface area contributed by atoms with E-state index in [1.54, 1.807) is 0 Å². The molecule has 110 valence electrons. The molecule has 1 aliphatic rings. The van der Waals surface area contributed by atoms with Crippen molar-refractivity contribution in [1.82, 2.24) is 4.90 Å². The number of carbonyl (C=O) groups excluding carboxylic acids is 1. The number of likely N-dealkylation sites (tertiary alicyclic amines) is 1. The molecule has 2 unspecified atom stereocenters. The third-order valence-corrected chi connectivity index (χ3v) is 3.68. The van der Waals surface area contributed by atoms with E-state index < -0.39 is 11.6 Å². The van der Waals surface area contributed by atoms with Gasteiger partial charge in [0.15, 0.2) is 0 Å². The van der Waals surface area contributed by atoms with Crippen molar-refractivity contribution in [1.29, 1.82) is 0 Å². The van der Waals surface area contributed by atoms with Crippen molar-refractivity contribution in [3.63, 3.8) is 0 Å². The number of anilines is 1. The Bertz CT molecular complexity index is 476. The zero-order valence-electron chi connectivity index (χ0n) is 11.3. The van der Waals surface area contributed by atoms with Gasteiger partial charge in [-0.3, -0.25) is 9.69 Å². The number of rotatable bonds is 4. The molecule has 1 saturated heterocycles. The van der Waals surface area contributed by atoms with Crippen molar-refractivity contribution < 1.29 is 18.7 Å². The van der Waals surface area contributed by atoms with Crippen molar-refractivity contribution in [2.75, 3.05) is 25.0 Å². The highest BCUT2D eigenvalue weighted by atomic mass is 19.1. The van der Waals surface area contributed by atoms with Crippen LogP contribution in [0.25, 0.3) is 0 Å². The monoisotopic (exact) mass is 284 g/mol. The van der Waals surface area contributed by atoms with Gasteiger partial charge in [-0.1, -0.05) is 6.92 Å². The minimum atomic E-state index is -0.733. The summed E-state index contributed by atoms with van der Waals surface area (Å²) in [6.45, 7) is 2.87. The summed E-state index contributed by atoms with van der Waals surface area (Å²) < 4.78 is 26.0. The van der Waals surface area contributed by atoms with Crippen molar-refractivity contribution in [3.8, 4) is 0 Å². The lowest BCUT2D eigenvalue weighted by Gasteiger charge is -2.24. The van der Waals surface area contributed by atoms with Crippen LogP contribution in [-0.4, -0.2) is 41.7 Å². The van der Waals surface area contributed by atoms with E-state index in [2.05, 4.69) is 5.32 Å². The van der Waals surface area contributed by atoms with E-state index in [9.17, 15) is 18.7 Å². The molecule has 1 fully saturated rings. The summed E-state index contributed by atoms with van der Waals surface area (Å²) in [5, 5.41) is 11.8. The summed E-state index contributed by atoms with van der Waals surface area (Å²) in [6.07, 6.45) is 0.924. The molecule has 1 aromatic carbocycles. The lowest BCUT2D eigenvalue weighted by molar-refractivity contribution is -0.117. The van der Waals surface area contributed by atoms with Gasteiger partial charge < -0.3 is 10.4 Å². The van der Waals surface area contributed by atoms with Crippen LogP contribution in [-0.2, 0) is 4.79 Å². The molecular weight excluding hydrogens is 266 g/mol. The fraction of sp³-hybridized carbons (Fsp3) is 0.500. The summed E-state index contributed by atoms with van der Waals surface area (Å²) in [7, 11) is 0. The molecule has 1 aliphatic heterocycles. The molecule has 4 nitrogen and oxygen atoms in total. The molecule has 2 rings (SSSR count). The zero-order chi connectivity index (χ0) is 14.7. The summed E-state index contributed by atoms with van der Waals surface area (Å²) in [6, 6.07) is 2.85. The molecule has 6 heteroatoms. The standard InChI is InChI=1S/C14H18F2N2O2/c1-9-2-3-18(13(9)8-19)7-14(20)17-12-5-10(15)4-11(16)6-12/h4-6,9,13,19H,2-3,7-8H2,1H3,(H,17,20). The fourth-order valence-electron chi connectivity index (χ4n) is 2.59. The number of nitrogens with zero attached hydrogens (tertiary/aromatic N) is 1. The Hall–Kier alpha value is -1.53. The topological polar surface area (TPSA) is 52.6 Å². The van der Waals surface area contributed by atoms with Gasteiger partial charge in [0.2, 0.25) is 5.91 Å². The first-order chi connectivity index (χ1) is 9.49. The molecule has 1 amide bonds. The average Bonchev–Trinajstić information content (AvgIpc) is 2.68. The SMILES string of the molecule is CC1CCN(CC(=O)Nc2cc(F)cc(F)c2)C1CO. The first-order valence-electron chi connectivity index (χ1n) is 6.60. The molecule has 1 heterocycles. The van der Waals surface area contributed by atoms with Gasteiger partial charge in [-0.15, -0.1) is 0 Å². The van der Waals surface area contributed by atoms with Crippen LogP contribution >= 0.6 is 0 Å². The number of benzene rings is 1. The first kappa shape index (κ1) is 14.9. The smallest absolute Gasteiger partial charge is 0.238 e. The number of hydrogen-bond donors (Lipinski definition) is 2. The summed E-state index contributed by atoms with van der Waals surface area (Å²) in [5.41, 5.74) is 0.0975. The molecule has 2 atom stereocenters. The summed E-state index contributed by atoms with van der Waals surface area (Å²) in [4.78, 5) is 13.8. The quantitative estimate of drug-likeness (QED) is 0.883. The second-order valence-corrected chi connectivity index (χ2v) is 5.19. The Kier molecular flexibility index (Phi) is 4.67. The Morgan fingerprint density at radius 2 is 2.05 bits per heavy atom. The number of aliphatic hydroxyl groups is 1. The third-order valence-electron chi connectivity index (χ3n) is 3.68. The Labute approximate surface area is 116 Å². The number of aliphatic hydroxyl groups excluding tert-OH is 1. The van der Waals surface area contributed by atoms with Crippen LogP contribution in [0.5, 0.6) is 0 Å². The number of halogens is 2. The predicted molar refractivity (Wildman–Crippen MR) is 71.2 cm³/mol. The minimum Gasteiger partial charge on any atom is -0.395 e. The van der Waals surface area contributed by atoms with Crippen LogP contribution in [0.4, 0.5) is 14.5 Å². The third kappa shape index (κ3) is 3.52. The molecule has 0 aromatic heterocycles.